The van der Waals surface area contributed by atoms with Crippen molar-refractivity contribution in [2.75, 3.05) is 26.0 Å². The smallest absolute Gasteiger partial charge is 0.407 e. The minimum Gasteiger partial charge on any atom is -0.444 e. The molecule has 0 aliphatic carbocycles. The molecule has 1 aromatic rings. The van der Waals surface area contributed by atoms with E-state index in [0.717, 1.165) is 5.56 Å². The molecule has 0 aliphatic rings. The van der Waals surface area contributed by atoms with Crippen molar-refractivity contribution in [2.45, 2.75) is 39.3 Å². The van der Waals surface area contributed by atoms with Crippen LogP contribution in [0.4, 0.5) is 14.9 Å². The third-order valence-corrected chi connectivity index (χ3v) is 2.83. The number of hydrogen-bond acceptors (Lipinski definition) is 4. The van der Waals surface area contributed by atoms with Crippen LogP contribution >= 0.6 is 0 Å². The Balaban J connectivity index is 2.44. The van der Waals surface area contributed by atoms with Crippen LogP contribution in [0.5, 0.6) is 0 Å². The van der Waals surface area contributed by atoms with E-state index in [-0.39, 0.29) is 24.6 Å². The van der Waals surface area contributed by atoms with Crippen molar-refractivity contribution in [3.05, 3.63) is 29.6 Å². The second-order valence-corrected chi connectivity index (χ2v) is 6.78. The van der Waals surface area contributed by atoms with E-state index in [1.54, 1.807) is 26.8 Å². The van der Waals surface area contributed by atoms with Gasteiger partial charge in [-0.25, -0.2) is 9.18 Å². The van der Waals surface area contributed by atoms with Gasteiger partial charge in [0.1, 0.15) is 11.4 Å². The maximum Gasteiger partial charge on any atom is 0.407 e. The van der Waals surface area contributed by atoms with Gasteiger partial charge in [0.15, 0.2) is 0 Å². The first-order chi connectivity index (χ1) is 11.1. The lowest BCUT2D eigenvalue weighted by atomic mass is 10.2. The average Bonchev–Trinajstić information content (AvgIpc) is 2.39. The molecule has 24 heavy (non-hydrogen) atoms. The van der Waals surface area contributed by atoms with Gasteiger partial charge >= 0.3 is 6.09 Å². The highest BCUT2D eigenvalue weighted by Gasteiger charge is 2.16. The Kier molecular flexibility index (Phi) is 7.16. The summed E-state index contributed by atoms with van der Waals surface area (Å²) in [7, 11) is 3.79. The number of anilines is 1. The third kappa shape index (κ3) is 7.92. The molecule has 0 atom stereocenters. The molecule has 0 aromatic heterocycles. The molecule has 2 amide bonds. The number of alkyl carbamates (subject to hydrolysis) is 1. The predicted molar refractivity (Wildman–Crippen MR) is 91.3 cm³/mol. The van der Waals surface area contributed by atoms with Gasteiger partial charge in [-0.2, -0.15) is 0 Å². The van der Waals surface area contributed by atoms with E-state index in [4.69, 9.17) is 4.74 Å². The predicted octanol–water partition coefficient (Wildman–Crippen LogP) is 2.74. The molecule has 0 spiro atoms. The average molecular weight is 339 g/mol. The van der Waals surface area contributed by atoms with Crippen LogP contribution in [0.15, 0.2) is 18.2 Å². The molecule has 0 heterocycles. The first-order valence-corrected chi connectivity index (χ1v) is 7.76. The molecule has 0 unspecified atom stereocenters. The molecular formula is C17H26FN3O3. The van der Waals surface area contributed by atoms with Crippen molar-refractivity contribution in [2.24, 2.45) is 0 Å². The Labute approximate surface area is 142 Å². The highest BCUT2D eigenvalue weighted by atomic mass is 19.1. The number of halogens is 1. The van der Waals surface area contributed by atoms with E-state index < -0.39 is 17.5 Å². The van der Waals surface area contributed by atoms with Gasteiger partial charge in [0.05, 0.1) is 5.69 Å². The number of ether oxygens (including phenoxy) is 1. The number of nitrogens with one attached hydrogen (secondary N) is 2. The Morgan fingerprint density at radius 3 is 2.46 bits per heavy atom. The van der Waals surface area contributed by atoms with Crippen molar-refractivity contribution in [1.29, 1.82) is 0 Å². The van der Waals surface area contributed by atoms with Crippen LogP contribution in [-0.2, 0) is 16.1 Å². The van der Waals surface area contributed by atoms with Crippen LogP contribution in [0.25, 0.3) is 0 Å². The first kappa shape index (κ1) is 19.9. The van der Waals surface area contributed by atoms with E-state index in [1.165, 1.54) is 12.1 Å². The van der Waals surface area contributed by atoms with Crippen LogP contribution in [0.2, 0.25) is 0 Å². The quantitative estimate of drug-likeness (QED) is 0.836. The number of nitrogens with zero attached hydrogens (tertiary/aromatic N) is 1. The molecule has 2 N–H and O–H groups in total. The topological polar surface area (TPSA) is 70.7 Å². The summed E-state index contributed by atoms with van der Waals surface area (Å²) in [6.45, 7) is 5.98. The molecule has 0 fully saturated rings. The zero-order valence-electron chi connectivity index (χ0n) is 14.9. The number of carbonyl (C=O) groups is 2. The summed E-state index contributed by atoms with van der Waals surface area (Å²) in [6.07, 6.45) is -0.562. The van der Waals surface area contributed by atoms with Gasteiger partial charge in [0.2, 0.25) is 5.91 Å². The monoisotopic (exact) mass is 339 g/mol. The molecular weight excluding hydrogens is 313 g/mol. The van der Waals surface area contributed by atoms with Crippen LogP contribution < -0.4 is 10.6 Å². The Bertz CT molecular complexity index is 583. The van der Waals surface area contributed by atoms with E-state index in [9.17, 15) is 14.0 Å². The Morgan fingerprint density at radius 2 is 1.92 bits per heavy atom. The fourth-order valence-corrected chi connectivity index (χ4v) is 1.93. The zero-order chi connectivity index (χ0) is 18.3. The van der Waals surface area contributed by atoms with Gasteiger partial charge in [-0.15, -0.1) is 0 Å². The minimum atomic E-state index is -0.593. The summed E-state index contributed by atoms with van der Waals surface area (Å²) in [5, 5.41) is 4.97. The van der Waals surface area contributed by atoms with Gasteiger partial charge in [-0.05, 0) is 52.6 Å². The van der Waals surface area contributed by atoms with E-state index in [2.05, 4.69) is 10.6 Å². The van der Waals surface area contributed by atoms with Crippen molar-refractivity contribution in [3.8, 4) is 0 Å². The lowest BCUT2D eigenvalue weighted by molar-refractivity contribution is -0.116. The largest absolute Gasteiger partial charge is 0.444 e. The summed E-state index contributed by atoms with van der Waals surface area (Å²) in [6, 6.07) is 4.69. The molecule has 0 saturated carbocycles. The van der Waals surface area contributed by atoms with Gasteiger partial charge in [-0.1, -0.05) is 6.07 Å². The number of carbonyl (C=O) groups excluding carboxylic acids is 2. The van der Waals surface area contributed by atoms with Crippen LogP contribution in [0.3, 0.4) is 0 Å². The van der Waals surface area contributed by atoms with Gasteiger partial charge in [0.25, 0.3) is 0 Å². The molecule has 0 aliphatic heterocycles. The van der Waals surface area contributed by atoms with Crippen molar-refractivity contribution < 1.29 is 18.7 Å². The molecule has 0 bridgehead atoms. The normalized spacial score (nSPS) is 11.3. The lowest BCUT2D eigenvalue weighted by Crippen LogP contribution is -2.34. The third-order valence-electron chi connectivity index (χ3n) is 2.83. The summed E-state index contributed by atoms with van der Waals surface area (Å²) >= 11 is 0. The first-order valence-electron chi connectivity index (χ1n) is 7.76. The zero-order valence-corrected chi connectivity index (χ0v) is 14.9. The second kappa shape index (κ2) is 8.63. The van der Waals surface area contributed by atoms with Crippen LogP contribution in [-0.4, -0.2) is 43.1 Å². The standard InChI is InChI=1S/C17H26FN3O3/c1-17(2,3)24-16(23)19-9-8-15(22)20-14-7-6-12(10-13(14)18)11-21(4)5/h6-7,10H,8-9,11H2,1-5H3,(H,19,23)(H,20,22). The van der Waals surface area contributed by atoms with Crippen LogP contribution in [0, 0.1) is 5.82 Å². The summed E-state index contributed by atoms with van der Waals surface area (Å²) in [5.74, 6) is -0.867. The maximum atomic E-state index is 14.0. The Hall–Kier alpha value is -2.15. The van der Waals surface area contributed by atoms with Gasteiger partial charge in [-0.3, -0.25) is 4.79 Å². The fourth-order valence-electron chi connectivity index (χ4n) is 1.93. The lowest BCUT2D eigenvalue weighted by Gasteiger charge is -2.19. The highest BCUT2D eigenvalue weighted by molar-refractivity contribution is 5.91. The SMILES string of the molecule is CN(C)Cc1ccc(NC(=O)CCNC(=O)OC(C)(C)C)c(F)c1. The second-order valence-electron chi connectivity index (χ2n) is 6.78. The molecule has 1 aromatic carbocycles. The molecule has 0 saturated heterocycles. The van der Waals surface area contributed by atoms with E-state index >= 15 is 0 Å². The minimum absolute atomic E-state index is 0.0259. The molecule has 134 valence electrons. The molecule has 7 heteroatoms. The van der Waals surface area contributed by atoms with Crippen LogP contribution in [0.1, 0.15) is 32.8 Å². The number of benzene rings is 1. The van der Waals surface area contributed by atoms with Crippen molar-refractivity contribution >= 4 is 17.7 Å². The summed E-state index contributed by atoms with van der Waals surface area (Å²) in [4.78, 5) is 25.2. The molecule has 1 rings (SSSR count). The fraction of sp³-hybridized carbons (Fsp3) is 0.529. The van der Waals surface area contributed by atoms with Gasteiger partial charge < -0.3 is 20.3 Å². The van der Waals surface area contributed by atoms with Gasteiger partial charge in [0, 0.05) is 19.5 Å². The number of amides is 2. The summed E-state index contributed by atoms with van der Waals surface area (Å²) < 4.78 is 19.0. The van der Waals surface area contributed by atoms with E-state index in [1.807, 2.05) is 19.0 Å². The molecule has 6 nitrogen and oxygen atoms in total. The Morgan fingerprint density at radius 1 is 1.25 bits per heavy atom. The molecule has 0 radical (unpaired) electrons. The number of rotatable bonds is 6. The van der Waals surface area contributed by atoms with Crippen molar-refractivity contribution in [3.63, 3.8) is 0 Å². The van der Waals surface area contributed by atoms with E-state index in [0.29, 0.717) is 6.54 Å². The number of hydrogen-bond donors (Lipinski definition) is 2. The summed E-state index contributed by atoms with van der Waals surface area (Å²) in [5.41, 5.74) is 0.353. The highest BCUT2D eigenvalue weighted by Crippen LogP contribution is 2.16. The van der Waals surface area contributed by atoms with Crippen molar-refractivity contribution in [1.82, 2.24) is 10.2 Å². The maximum absolute atomic E-state index is 14.0.